The summed E-state index contributed by atoms with van der Waals surface area (Å²) in [6.45, 7) is 0. The Hall–Kier alpha value is -3.80. The number of amides is 1. The summed E-state index contributed by atoms with van der Waals surface area (Å²) in [4.78, 5) is 25.0. The summed E-state index contributed by atoms with van der Waals surface area (Å²) in [5.74, 6) is 0.694. The topological polar surface area (TPSA) is 77.0 Å². The average molecular weight is 342 g/mol. The van der Waals surface area contributed by atoms with Crippen LogP contribution in [0.4, 0.5) is 5.69 Å². The number of pyridine rings is 1. The van der Waals surface area contributed by atoms with E-state index < -0.39 is 0 Å². The SMILES string of the molecule is O=C(Nc1ccccc1)c1cccc(Oc2ccc3nccnc3n2)c1. The summed E-state index contributed by atoms with van der Waals surface area (Å²) in [5.41, 5.74) is 2.42. The maximum Gasteiger partial charge on any atom is 0.255 e. The number of hydrogen-bond donors (Lipinski definition) is 1. The standard InChI is InChI=1S/C20H14N4O2/c25-20(23-15-6-2-1-3-7-15)14-5-4-8-16(13-14)26-18-10-9-17-19(24-18)22-12-11-21-17/h1-13H,(H,23,25). The highest BCUT2D eigenvalue weighted by atomic mass is 16.5. The molecule has 0 saturated heterocycles. The van der Waals surface area contributed by atoms with Crippen LogP contribution < -0.4 is 10.1 Å². The molecule has 26 heavy (non-hydrogen) atoms. The second kappa shape index (κ2) is 6.98. The van der Waals surface area contributed by atoms with Crippen LogP contribution in [0.5, 0.6) is 11.6 Å². The van der Waals surface area contributed by atoms with Gasteiger partial charge in [-0.15, -0.1) is 0 Å². The highest BCUT2D eigenvalue weighted by Crippen LogP contribution is 2.22. The van der Waals surface area contributed by atoms with Gasteiger partial charge < -0.3 is 10.1 Å². The zero-order valence-corrected chi connectivity index (χ0v) is 13.7. The summed E-state index contributed by atoms with van der Waals surface area (Å²) in [7, 11) is 0. The first-order valence-corrected chi connectivity index (χ1v) is 8.00. The van der Waals surface area contributed by atoms with Crippen molar-refractivity contribution in [1.82, 2.24) is 15.0 Å². The van der Waals surface area contributed by atoms with Crippen LogP contribution in [-0.2, 0) is 0 Å². The van der Waals surface area contributed by atoms with Gasteiger partial charge in [-0.25, -0.2) is 4.98 Å². The van der Waals surface area contributed by atoms with E-state index in [1.54, 1.807) is 48.8 Å². The number of fused-ring (bicyclic) bond motifs is 1. The second-order valence-corrected chi connectivity index (χ2v) is 5.50. The van der Waals surface area contributed by atoms with Crippen LogP contribution in [-0.4, -0.2) is 20.9 Å². The van der Waals surface area contributed by atoms with Crippen LogP contribution in [0, 0.1) is 0 Å². The van der Waals surface area contributed by atoms with Gasteiger partial charge in [0.2, 0.25) is 5.88 Å². The highest BCUT2D eigenvalue weighted by Gasteiger charge is 2.08. The van der Waals surface area contributed by atoms with Gasteiger partial charge in [0.25, 0.3) is 5.91 Å². The van der Waals surface area contributed by atoms with Gasteiger partial charge in [-0.2, -0.15) is 4.98 Å². The number of nitrogens with zero attached hydrogens (tertiary/aromatic N) is 3. The van der Waals surface area contributed by atoms with Gasteiger partial charge in [0, 0.05) is 29.7 Å². The maximum absolute atomic E-state index is 12.4. The normalized spacial score (nSPS) is 10.5. The first-order chi connectivity index (χ1) is 12.8. The van der Waals surface area contributed by atoms with E-state index in [0.29, 0.717) is 28.4 Å². The quantitative estimate of drug-likeness (QED) is 0.605. The first-order valence-electron chi connectivity index (χ1n) is 8.00. The minimum atomic E-state index is -0.209. The molecule has 0 aliphatic carbocycles. The summed E-state index contributed by atoms with van der Waals surface area (Å²) >= 11 is 0. The number of rotatable bonds is 4. The molecular weight excluding hydrogens is 328 g/mol. The van der Waals surface area contributed by atoms with E-state index >= 15 is 0 Å². The van der Waals surface area contributed by atoms with E-state index in [0.717, 1.165) is 5.69 Å². The number of benzene rings is 2. The maximum atomic E-state index is 12.4. The Morgan fingerprint density at radius 3 is 2.62 bits per heavy atom. The van der Waals surface area contributed by atoms with Crippen molar-refractivity contribution in [2.24, 2.45) is 0 Å². The summed E-state index contributed by atoms with van der Waals surface area (Å²) in [6.07, 6.45) is 3.19. The largest absolute Gasteiger partial charge is 0.439 e. The van der Waals surface area contributed by atoms with Crippen LogP contribution in [0.3, 0.4) is 0 Å². The molecule has 0 bridgehead atoms. The Morgan fingerprint density at radius 1 is 0.885 bits per heavy atom. The summed E-state index contributed by atoms with van der Waals surface area (Å²) < 4.78 is 5.77. The third-order valence-corrected chi connectivity index (χ3v) is 3.66. The fourth-order valence-corrected chi connectivity index (χ4v) is 2.44. The lowest BCUT2D eigenvalue weighted by Crippen LogP contribution is -2.11. The first kappa shape index (κ1) is 15.7. The fourth-order valence-electron chi connectivity index (χ4n) is 2.44. The van der Waals surface area contributed by atoms with E-state index in [-0.39, 0.29) is 5.91 Å². The molecule has 6 heteroatoms. The van der Waals surface area contributed by atoms with Gasteiger partial charge in [-0.1, -0.05) is 24.3 Å². The highest BCUT2D eigenvalue weighted by molar-refractivity contribution is 6.04. The monoisotopic (exact) mass is 342 g/mol. The van der Waals surface area contributed by atoms with Gasteiger partial charge in [-0.05, 0) is 36.4 Å². The number of carbonyl (C=O) groups excluding carboxylic acids is 1. The molecule has 0 unspecified atom stereocenters. The van der Waals surface area contributed by atoms with Crippen molar-refractivity contribution in [3.63, 3.8) is 0 Å². The number of anilines is 1. The molecule has 4 rings (SSSR count). The zero-order chi connectivity index (χ0) is 17.8. The molecule has 2 aromatic heterocycles. The molecule has 2 heterocycles. The van der Waals surface area contributed by atoms with Crippen molar-refractivity contribution in [2.75, 3.05) is 5.32 Å². The van der Waals surface area contributed by atoms with Crippen molar-refractivity contribution < 1.29 is 9.53 Å². The zero-order valence-electron chi connectivity index (χ0n) is 13.7. The molecule has 2 aromatic carbocycles. The Labute approximate surface area is 149 Å². The van der Waals surface area contributed by atoms with E-state index in [4.69, 9.17) is 4.74 Å². The van der Waals surface area contributed by atoms with Gasteiger partial charge in [-0.3, -0.25) is 9.78 Å². The van der Waals surface area contributed by atoms with Crippen molar-refractivity contribution in [1.29, 1.82) is 0 Å². The van der Waals surface area contributed by atoms with Crippen LogP contribution in [0.1, 0.15) is 10.4 Å². The second-order valence-electron chi connectivity index (χ2n) is 5.50. The Bertz CT molecular complexity index is 1070. The van der Waals surface area contributed by atoms with Crippen molar-refractivity contribution >= 4 is 22.8 Å². The van der Waals surface area contributed by atoms with Crippen molar-refractivity contribution in [3.8, 4) is 11.6 Å². The lowest BCUT2D eigenvalue weighted by atomic mass is 10.2. The number of para-hydroxylation sites is 1. The van der Waals surface area contributed by atoms with Crippen molar-refractivity contribution in [3.05, 3.63) is 84.7 Å². The number of hydrogen-bond acceptors (Lipinski definition) is 5. The molecule has 0 saturated carbocycles. The fraction of sp³-hybridized carbons (Fsp3) is 0. The average Bonchev–Trinajstić information content (AvgIpc) is 2.69. The Kier molecular flexibility index (Phi) is 4.22. The van der Waals surface area contributed by atoms with E-state index in [9.17, 15) is 4.79 Å². The lowest BCUT2D eigenvalue weighted by Gasteiger charge is -2.08. The minimum absolute atomic E-state index is 0.209. The van der Waals surface area contributed by atoms with Gasteiger partial charge >= 0.3 is 0 Å². The third-order valence-electron chi connectivity index (χ3n) is 3.66. The van der Waals surface area contributed by atoms with Crippen LogP contribution in [0.15, 0.2) is 79.1 Å². The minimum Gasteiger partial charge on any atom is -0.439 e. The molecule has 6 nitrogen and oxygen atoms in total. The van der Waals surface area contributed by atoms with Gasteiger partial charge in [0.05, 0.1) is 0 Å². The molecule has 0 aliphatic heterocycles. The molecule has 0 fully saturated rings. The molecule has 0 radical (unpaired) electrons. The Balaban J connectivity index is 1.54. The van der Waals surface area contributed by atoms with Crippen molar-refractivity contribution in [2.45, 2.75) is 0 Å². The van der Waals surface area contributed by atoms with Crippen LogP contribution >= 0.6 is 0 Å². The number of carbonyl (C=O) groups is 1. The molecule has 0 atom stereocenters. The van der Waals surface area contributed by atoms with Gasteiger partial charge in [0.15, 0.2) is 5.65 Å². The lowest BCUT2D eigenvalue weighted by molar-refractivity contribution is 0.102. The molecule has 1 N–H and O–H groups in total. The number of nitrogens with one attached hydrogen (secondary N) is 1. The van der Waals surface area contributed by atoms with Crippen LogP contribution in [0.2, 0.25) is 0 Å². The summed E-state index contributed by atoms with van der Waals surface area (Å²) in [6, 6.07) is 19.7. The molecule has 0 aliphatic rings. The molecule has 0 spiro atoms. The molecule has 126 valence electrons. The number of ether oxygens (including phenoxy) is 1. The third kappa shape index (κ3) is 3.49. The molecule has 4 aromatic rings. The van der Waals surface area contributed by atoms with E-state index in [1.807, 2.05) is 30.3 Å². The van der Waals surface area contributed by atoms with Crippen LogP contribution in [0.25, 0.3) is 11.2 Å². The number of aromatic nitrogens is 3. The predicted molar refractivity (Wildman–Crippen MR) is 98.2 cm³/mol. The summed E-state index contributed by atoms with van der Waals surface area (Å²) in [5, 5.41) is 2.85. The van der Waals surface area contributed by atoms with E-state index in [2.05, 4.69) is 20.3 Å². The van der Waals surface area contributed by atoms with E-state index in [1.165, 1.54) is 0 Å². The van der Waals surface area contributed by atoms with Gasteiger partial charge in [0.1, 0.15) is 11.3 Å². The Morgan fingerprint density at radius 2 is 1.73 bits per heavy atom. The predicted octanol–water partition coefficient (Wildman–Crippen LogP) is 4.07. The molecular formula is C20H14N4O2. The molecule has 1 amide bonds. The smallest absolute Gasteiger partial charge is 0.255 e.